The zero-order valence-corrected chi connectivity index (χ0v) is 18.0. The van der Waals surface area contributed by atoms with E-state index in [4.69, 9.17) is 4.74 Å². The van der Waals surface area contributed by atoms with E-state index in [0.29, 0.717) is 12.2 Å². The number of ether oxygens (including phenoxy) is 1. The van der Waals surface area contributed by atoms with Gasteiger partial charge in [0.25, 0.3) is 5.91 Å². The Morgan fingerprint density at radius 1 is 1.10 bits per heavy atom. The van der Waals surface area contributed by atoms with Crippen molar-refractivity contribution in [3.63, 3.8) is 0 Å². The fourth-order valence-electron chi connectivity index (χ4n) is 3.53. The lowest BCUT2D eigenvalue weighted by Crippen LogP contribution is -2.13. The second kappa shape index (κ2) is 9.47. The molecule has 0 atom stereocenters. The van der Waals surface area contributed by atoms with E-state index in [0.717, 1.165) is 52.9 Å². The summed E-state index contributed by atoms with van der Waals surface area (Å²) in [5, 5.41) is 4.08. The molecule has 5 heteroatoms. The normalized spacial score (nSPS) is 10.9. The Morgan fingerprint density at radius 2 is 1.87 bits per heavy atom. The Bertz CT molecular complexity index is 1170. The lowest BCUT2D eigenvalue weighted by molar-refractivity contribution is 0.102. The number of hydrogen-bond donors (Lipinski definition) is 1. The molecule has 0 saturated heterocycles. The Hall–Kier alpha value is -3.60. The molecule has 2 aromatic heterocycles. The number of unbranched alkanes of at least 4 members (excludes halogenated alkanes) is 1. The van der Waals surface area contributed by atoms with Crippen LogP contribution in [0.25, 0.3) is 10.9 Å². The first-order valence-corrected chi connectivity index (χ1v) is 10.7. The molecule has 2 aromatic carbocycles. The van der Waals surface area contributed by atoms with Crippen LogP contribution in [0.1, 0.15) is 41.3 Å². The summed E-state index contributed by atoms with van der Waals surface area (Å²) < 4.78 is 7.78. The van der Waals surface area contributed by atoms with Crippen LogP contribution in [-0.2, 0) is 6.54 Å². The Morgan fingerprint density at radius 3 is 2.61 bits per heavy atom. The average molecular weight is 414 g/mol. The molecule has 31 heavy (non-hydrogen) atoms. The Kier molecular flexibility index (Phi) is 6.32. The summed E-state index contributed by atoms with van der Waals surface area (Å²) >= 11 is 0. The van der Waals surface area contributed by atoms with Gasteiger partial charge < -0.3 is 14.6 Å². The molecule has 5 nitrogen and oxygen atoms in total. The first-order valence-electron chi connectivity index (χ1n) is 10.7. The molecular formula is C26H27N3O2. The zero-order valence-electron chi connectivity index (χ0n) is 18.0. The summed E-state index contributed by atoms with van der Waals surface area (Å²) in [5.74, 6) is 0.638. The van der Waals surface area contributed by atoms with Crippen molar-refractivity contribution in [2.45, 2.75) is 33.2 Å². The van der Waals surface area contributed by atoms with Crippen molar-refractivity contribution in [3.05, 3.63) is 89.9 Å². The number of fused-ring (bicyclic) bond motifs is 1. The van der Waals surface area contributed by atoms with Gasteiger partial charge in [0.1, 0.15) is 5.75 Å². The third-order valence-corrected chi connectivity index (χ3v) is 5.33. The lowest BCUT2D eigenvalue weighted by Gasteiger charge is -2.12. The number of hydrogen-bond acceptors (Lipinski definition) is 3. The van der Waals surface area contributed by atoms with Gasteiger partial charge in [0.2, 0.25) is 0 Å². The highest BCUT2D eigenvalue weighted by molar-refractivity contribution is 6.06. The van der Waals surface area contributed by atoms with E-state index in [9.17, 15) is 4.79 Å². The molecule has 0 saturated carbocycles. The highest BCUT2D eigenvalue weighted by atomic mass is 16.5. The van der Waals surface area contributed by atoms with E-state index in [1.165, 1.54) is 0 Å². The molecule has 158 valence electrons. The summed E-state index contributed by atoms with van der Waals surface area (Å²) in [6.45, 7) is 5.59. The molecule has 0 radical (unpaired) electrons. The van der Waals surface area contributed by atoms with Crippen molar-refractivity contribution in [2.24, 2.45) is 0 Å². The number of carbonyl (C=O) groups is 1. The Balaban J connectivity index is 1.47. The molecule has 0 aliphatic rings. The van der Waals surface area contributed by atoms with E-state index in [1.807, 2.05) is 61.9 Å². The predicted octanol–water partition coefficient (Wildman–Crippen LogP) is 5.82. The third kappa shape index (κ3) is 4.94. The molecule has 0 aliphatic carbocycles. The molecule has 0 spiro atoms. The van der Waals surface area contributed by atoms with Crippen molar-refractivity contribution in [1.82, 2.24) is 9.55 Å². The molecule has 1 amide bonds. The molecule has 4 aromatic rings. The molecule has 1 N–H and O–H groups in total. The van der Waals surface area contributed by atoms with Crippen LogP contribution in [0.5, 0.6) is 5.75 Å². The molecule has 0 aliphatic heterocycles. The van der Waals surface area contributed by atoms with Gasteiger partial charge in [-0.3, -0.25) is 9.78 Å². The molecule has 0 unspecified atom stereocenters. The van der Waals surface area contributed by atoms with Crippen LogP contribution in [0.3, 0.4) is 0 Å². The number of carbonyl (C=O) groups excluding carboxylic acids is 1. The van der Waals surface area contributed by atoms with Gasteiger partial charge in [-0.25, -0.2) is 0 Å². The van der Waals surface area contributed by atoms with Crippen molar-refractivity contribution in [1.29, 1.82) is 0 Å². The Labute approximate surface area is 182 Å². The van der Waals surface area contributed by atoms with Crippen LogP contribution in [-0.4, -0.2) is 22.1 Å². The van der Waals surface area contributed by atoms with E-state index in [-0.39, 0.29) is 5.91 Å². The summed E-state index contributed by atoms with van der Waals surface area (Å²) in [7, 11) is 0. The van der Waals surface area contributed by atoms with E-state index >= 15 is 0 Å². The standard InChI is InChI=1S/C26H27N3O2/c1-3-4-15-31-23-10-7-21(8-11-23)26(30)28-24-12-9-22-16-20(17-27-25(22)19(24)2)18-29-13-5-6-14-29/h5-14,16-17H,3-4,15,18H2,1-2H3,(H,28,30). The van der Waals surface area contributed by atoms with Gasteiger partial charge in [-0.15, -0.1) is 0 Å². The fraction of sp³-hybridized carbons (Fsp3) is 0.231. The molecule has 0 bridgehead atoms. The largest absolute Gasteiger partial charge is 0.494 e. The number of aromatic nitrogens is 2. The SMILES string of the molecule is CCCCOc1ccc(C(=O)Nc2ccc3cc(Cn4cccc4)cnc3c2C)cc1. The van der Waals surface area contributed by atoms with Crippen molar-refractivity contribution in [2.75, 3.05) is 11.9 Å². The van der Waals surface area contributed by atoms with Gasteiger partial charge >= 0.3 is 0 Å². The van der Waals surface area contributed by atoms with Crippen LogP contribution >= 0.6 is 0 Å². The molecule has 2 heterocycles. The third-order valence-electron chi connectivity index (χ3n) is 5.33. The number of pyridine rings is 1. The summed E-state index contributed by atoms with van der Waals surface area (Å²) in [6, 6.07) is 17.4. The van der Waals surface area contributed by atoms with Crippen LogP contribution in [0.15, 0.2) is 73.2 Å². The maximum atomic E-state index is 12.7. The van der Waals surface area contributed by atoms with E-state index in [2.05, 4.69) is 27.9 Å². The number of amides is 1. The maximum absolute atomic E-state index is 12.7. The van der Waals surface area contributed by atoms with Crippen LogP contribution in [0.4, 0.5) is 5.69 Å². The van der Waals surface area contributed by atoms with Gasteiger partial charge in [-0.1, -0.05) is 19.4 Å². The summed E-state index contributed by atoms with van der Waals surface area (Å²) in [4.78, 5) is 17.4. The van der Waals surface area contributed by atoms with Crippen LogP contribution < -0.4 is 10.1 Å². The van der Waals surface area contributed by atoms with Crippen molar-refractivity contribution in [3.8, 4) is 5.75 Å². The van der Waals surface area contributed by atoms with Gasteiger partial charge in [-0.2, -0.15) is 0 Å². The second-order valence-electron chi connectivity index (χ2n) is 7.69. The van der Waals surface area contributed by atoms with Crippen molar-refractivity contribution < 1.29 is 9.53 Å². The minimum absolute atomic E-state index is 0.146. The number of aryl methyl sites for hydroxylation is 1. The average Bonchev–Trinajstić information content (AvgIpc) is 3.29. The number of benzene rings is 2. The minimum Gasteiger partial charge on any atom is -0.494 e. The second-order valence-corrected chi connectivity index (χ2v) is 7.69. The number of rotatable bonds is 8. The minimum atomic E-state index is -0.146. The summed E-state index contributed by atoms with van der Waals surface area (Å²) in [5.41, 5.74) is 4.36. The molecule has 4 rings (SSSR count). The van der Waals surface area contributed by atoms with E-state index in [1.54, 1.807) is 12.1 Å². The first kappa shape index (κ1) is 20.7. The lowest BCUT2D eigenvalue weighted by atomic mass is 10.1. The smallest absolute Gasteiger partial charge is 0.255 e. The fourth-order valence-corrected chi connectivity index (χ4v) is 3.53. The number of nitrogens with zero attached hydrogens (tertiary/aromatic N) is 2. The zero-order chi connectivity index (χ0) is 21.6. The number of anilines is 1. The van der Waals surface area contributed by atoms with Gasteiger partial charge in [0.05, 0.1) is 12.1 Å². The summed E-state index contributed by atoms with van der Waals surface area (Å²) in [6.07, 6.45) is 8.09. The van der Waals surface area contributed by atoms with Crippen LogP contribution in [0, 0.1) is 6.92 Å². The monoisotopic (exact) mass is 413 g/mol. The predicted molar refractivity (Wildman–Crippen MR) is 125 cm³/mol. The maximum Gasteiger partial charge on any atom is 0.255 e. The molecule has 0 fully saturated rings. The number of nitrogens with one attached hydrogen (secondary N) is 1. The highest BCUT2D eigenvalue weighted by Crippen LogP contribution is 2.25. The van der Waals surface area contributed by atoms with Gasteiger partial charge in [0.15, 0.2) is 0 Å². The van der Waals surface area contributed by atoms with Crippen LogP contribution in [0.2, 0.25) is 0 Å². The topological polar surface area (TPSA) is 56.1 Å². The van der Waals surface area contributed by atoms with Gasteiger partial charge in [0, 0.05) is 41.8 Å². The van der Waals surface area contributed by atoms with E-state index < -0.39 is 0 Å². The first-order chi connectivity index (χ1) is 15.1. The quantitative estimate of drug-likeness (QED) is 0.370. The van der Waals surface area contributed by atoms with Crippen molar-refractivity contribution >= 4 is 22.5 Å². The van der Waals surface area contributed by atoms with Gasteiger partial charge in [-0.05, 0) is 73.0 Å². The highest BCUT2D eigenvalue weighted by Gasteiger charge is 2.11. The molecular weight excluding hydrogens is 386 g/mol.